The number of nitrogens with one attached hydrogen (secondary N) is 1. The third-order valence-corrected chi connectivity index (χ3v) is 14.6. The number of methoxy groups -OCH3 is 1. The van der Waals surface area contributed by atoms with E-state index in [1.807, 2.05) is 52.1 Å². The standard InChI is InChI=1S/C48H72N10O11/c1-9-37-48(58-20-16-38(50)52-45(58)63)41(57(46(64)69-48)18-11-10-17-56-26-35(53-54-56)32-13-12-14-33(49)22-32)31(6)51-24-27(2)23-47(7,65-8)42(29(4)39(60)30(5)43(62)67-37)68-44-40(61)36(21-28(3)66-44)55-19-15-34(59)25-55/h12-14,16,20,22,26-31,34,36-37,40-42,44,51,59,61H,9-11,15,17-19,21,23-25,49H2,1-8H3,(H2,50,52,63)/t27-,28-,29+,30-,31-,34-,36?,37-,40?,41-,42-,44+,47-,48-/m1/s1. The minimum atomic E-state index is -1.98. The van der Waals surface area contributed by atoms with Crippen LogP contribution in [-0.2, 0) is 45.5 Å². The molecule has 0 saturated carbocycles. The fourth-order valence-electron chi connectivity index (χ4n) is 11.0. The highest BCUT2D eigenvalue weighted by Gasteiger charge is 2.63. The van der Waals surface area contributed by atoms with E-state index in [1.54, 1.807) is 29.5 Å². The number of amides is 1. The van der Waals surface area contributed by atoms with Gasteiger partial charge in [0.05, 0.1) is 30.1 Å². The molecule has 0 aliphatic carbocycles. The van der Waals surface area contributed by atoms with Gasteiger partial charge in [0.25, 0.3) is 5.72 Å². The summed E-state index contributed by atoms with van der Waals surface area (Å²) >= 11 is 0. The summed E-state index contributed by atoms with van der Waals surface area (Å²) in [6.45, 7) is 14.5. The Hall–Kier alpha value is -5.03. The zero-order valence-corrected chi connectivity index (χ0v) is 41.1. The van der Waals surface area contributed by atoms with E-state index < -0.39 is 89.5 Å². The third kappa shape index (κ3) is 10.8. The number of aliphatic hydroxyl groups excluding tert-OH is 2. The van der Waals surface area contributed by atoms with Crippen molar-refractivity contribution in [3.05, 3.63) is 53.2 Å². The average Bonchev–Trinajstić information content (AvgIpc) is 4.05. The lowest BCUT2D eigenvalue weighted by Gasteiger charge is -2.47. The van der Waals surface area contributed by atoms with E-state index in [0.29, 0.717) is 69.7 Å². The van der Waals surface area contributed by atoms with Crippen molar-refractivity contribution in [1.82, 2.24) is 39.7 Å². The molecule has 0 radical (unpaired) electrons. The second kappa shape index (κ2) is 21.5. The monoisotopic (exact) mass is 965 g/mol. The van der Waals surface area contributed by atoms with Crippen LogP contribution in [0.2, 0.25) is 0 Å². The summed E-state index contributed by atoms with van der Waals surface area (Å²) in [5, 5.41) is 34.4. The molecule has 4 saturated heterocycles. The first-order valence-corrected chi connectivity index (χ1v) is 24.3. The minimum absolute atomic E-state index is 0.0548. The molecule has 7 N–H and O–H groups in total. The Morgan fingerprint density at radius 3 is 2.46 bits per heavy atom. The summed E-state index contributed by atoms with van der Waals surface area (Å²) in [4.78, 5) is 65.4. The molecule has 4 fully saturated rings. The second-order valence-corrected chi connectivity index (χ2v) is 19.8. The number of nitrogen functional groups attached to an aromatic ring is 2. The summed E-state index contributed by atoms with van der Waals surface area (Å²) in [6.07, 6.45) is -0.408. The Kier molecular flexibility index (Phi) is 16.2. The summed E-state index contributed by atoms with van der Waals surface area (Å²) in [7, 11) is 1.54. The molecule has 69 heavy (non-hydrogen) atoms. The van der Waals surface area contributed by atoms with E-state index in [2.05, 4.69) is 25.5 Å². The van der Waals surface area contributed by atoms with E-state index in [-0.39, 0.29) is 36.8 Å². The number of Topliss-reactive ketones (excluding diaryl/α,β-unsaturated/α-hetero) is 1. The van der Waals surface area contributed by atoms with E-state index in [1.165, 1.54) is 30.9 Å². The van der Waals surface area contributed by atoms with Gasteiger partial charge < -0.3 is 50.7 Å². The number of likely N-dealkylation sites (tertiary alicyclic amines) is 1. The second-order valence-electron chi connectivity index (χ2n) is 19.8. The number of nitrogens with zero attached hydrogens (tertiary/aromatic N) is 7. The molecule has 4 aliphatic rings. The molecule has 6 heterocycles. The van der Waals surface area contributed by atoms with Crippen LogP contribution in [-0.4, -0.2) is 156 Å². The number of cyclic esters (lactones) is 1. The van der Waals surface area contributed by atoms with E-state index in [0.717, 1.165) is 5.56 Å². The number of benzene rings is 1. The number of carbonyl (C=O) groups excluding carboxylic acids is 3. The van der Waals surface area contributed by atoms with Gasteiger partial charge in [0.1, 0.15) is 29.6 Å². The fraction of sp³-hybridized carbons (Fsp3) is 0.688. The number of esters is 1. The van der Waals surface area contributed by atoms with Gasteiger partial charge in [-0.3, -0.25) is 28.6 Å². The zero-order chi connectivity index (χ0) is 49.9. The van der Waals surface area contributed by atoms with Crippen molar-refractivity contribution >= 4 is 29.4 Å². The predicted octanol–water partition coefficient (Wildman–Crippen LogP) is 2.52. The van der Waals surface area contributed by atoms with Gasteiger partial charge in [0, 0.05) is 68.7 Å². The molecule has 4 aliphatic heterocycles. The summed E-state index contributed by atoms with van der Waals surface area (Å²) < 4.78 is 35.0. The molecule has 7 rings (SSSR count). The van der Waals surface area contributed by atoms with Gasteiger partial charge in [-0.1, -0.05) is 38.1 Å². The highest BCUT2D eigenvalue weighted by molar-refractivity contribution is 6.00. The van der Waals surface area contributed by atoms with Crippen LogP contribution < -0.4 is 22.5 Å². The highest BCUT2D eigenvalue weighted by atomic mass is 16.7. The molecule has 0 spiro atoms. The van der Waals surface area contributed by atoms with Gasteiger partial charge >= 0.3 is 17.8 Å². The number of ketones is 1. The van der Waals surface area contributed by atoms with Gasteiger partial charge in [-0.2, -0.15) is 4.98 Å². The number of nitrogens with two attached hydrogens (primary N) is 2. The molecule has 380 valence electrons. The van der Waals surface area contributed by atoms with Crippen LogP contribution in [0.1, 0.15) is 87.0 Å². The largest absolute Gasteiger partial charge is 0.455 e. The summed E-state index contributed by atoms with van der Waals surface area (Å²) in [5.41, 5.74) is 10.1. The molecule has 3 aromatic rings. The smallest absolute Gasteiger partial charge is 0.412 e. The molecule has 2 unspecified atom stereocenters. The molecule has 0 bridgehead atoms. The molecule has 2 aromatic heterocycles. The van der Waals surface area contributed by atoms with Crippen molar-refractivity contribution in [2.75, 3.05) is 44.8 Å². The SMILES string of the molecule is CC[C@H]1OC(=O)[C@H](C)C(=O)[C@H](C)[C@@H](O[C@@H]2O[C@H](C)CC(N3CC[C@@H](O)C3)C2O)[C@](C)(OC)C[C@@H](C)CN[C@H](C)[C@H]2N(CCCCn3cc(-c4cccc(N)c4)nn3)C(=O)O[C@]12n1ccc(N)nc1=O. The average molecular weight is 965 g/mol. The topological polar surface area (TPSA) is 274 Å². The van der Waals surface area contributed by atoms with Gasteiger partial charge in [-0.25, -0.2) is 9.59 Å². The lowest BCUT2D eigenvalue weighted by molar-refractivity contribution is -0.296. The van der Waals surface area contributed by atoms with Gasteiger partial charge in [-0.05, 0) is 96.9 Å². The number of carbonyl (C=O) groups is 3. The minimum Gasteiger partial charge on any atom is -0.455 e. The van der Waals surface area contributed by atoms with Crippen LogP contribution in [0.3, 0.4) is 0 Å². The fourth-order valence-corrected chi connectivity index (χ4v) is 11.0. The van der Waals surface area contributed by atoms with Crippen LogP contribution in [0.15, 0.2) is 47.5 Å². The highest BCUT2D eigenvalue weighted by Crippen LogP contribution is 2.43. The maximum atomic E-state index is 14.8. The first kappa shape index (κ1) is 51.8. The molecular formula is C48H72N10O11. The van der Waals surface area contributed by atoms with Crippen molar-refractivity contribution in [2.45, 2.75) is 160 Å². The van der Waals surface area contributed by atoms with E-state index >= 15 is 0 Å². The van der Waals surface area contributed by atoms with Crippen LogP contribution in [0.4, 0.5) is 16.3 Å². The van der Waals surface area contributed by atoms with Gasteiger partial charge in [0.15, 0.2) is 18.2 Å². The number of aliphatic hydroxyl groups is 2. The number of rotatable bonds is 12. The Bertz CT molecular complexity index is 2330. The third-order valence-electron chi connectivity index (χ3n) is 14.6. The van der Waals surface area contributed by atoms with Crippen LogP contribution in [0, 0.1) is 17.8 Å². The van der Waals surface area contributed by atoms with Gasteiger partial charge in [-0.15, -0.1) is 5.10 Å². The number of aryl methyl sites for hydroxylation is 1. The Labute approximate surface area is 403 Å². The molecule has 14 atom stereocenters. The number of fused-ring (bicyclic) bond motifs is 1. The quantitative estimate of drug-likeness (QED) is 0.0755. The Morgan fingerprint density at radius 1 is 1.03 bits per heavy atom. The summed E-state index contributed by atoms with van der Waals surface area (Å²) in [5.74, 6) is -4.06. The maximum absolute atomic E-state index is 14.8. The van der Waals surface area contributed by atoms with E-state index in [9.17, 15) is 29.4 Å². The maximum Gasteiger partial charge on any atom is 0.412 e. The number of anilines is 2. The van der Waals surface area contributed by atoms with Crippen molar-refractivity contribution in [3.63, 3.8) is 0 Å². The zero-order valence-electron chi connectivity index (χ0n) is 41.1. The van der Waals surface area contributed by atoms with Crippen molar-refractivity contribution in [3.8, 4) is 11.3 Å². The normalized spacial score (nSPS) is 35.3. The van der Waals surface area contributed by atoms with E-state index in [4.69, 9.17) is 35.2 Å². The van der Waals surface area contributed by atoms with Gasteiger partial charge in [0.2, 0.25) is 0 Å². The molecule has 1 amide bonds. The first-order valence-electron chi connectivity index (χ1n) is 24.3. The molecular weight excluding hydrogens is 893 g/mol. The molecule has 1 aromatic carbocycles. The number of hydrogen-bond donors (Lipinski definition) is 5. The molecule has 21 nitrogen and oxygen atoms in total. The predicted molar refractivity (Wildman–Crippen MR) is 253 cm³/mol. The number of hydrogen-bond acceptors (Lipinski definition) is 18. The van der Waals surface area contributed by atoms with Crippen LogP contribution >= 0.6 is 0 Å². The number of ether oxygens (including phenoxy) is 5. The first-order chi connectivity index (χ1) is 32.8. The number of unbranched alkanes of at least 4 members (excludes halogenated alkanes) is 1. The van der Waals surface area contributed by atoms with Crippen LogP contribution in [0.5, 0.6) is 0 Å². The van der Waals surface area contributed by atoms with Crippen molar-refractivity contribution < 1.29 is 48.3 Å². The Morgan fingerprint density at radius 2 is 1.78 bits per heavy atom. The lowest BCUT2D eigenvalue weighted by atomic mass is 9.78. The molecule has 21 heteroatoms. The summed E-state index contributed by atoms with van der Waals surface area (Å²) in [6, 6.07) is 6.82. The Balaban J connectivity index is 1.20. The number of aromatic nitrogens is 5. The van der Waals surface area contributed by atoms with Crippen molar-refractivity contribution in [1.29, 1.82) is 0 Å². The van der Waals surface area contributed by atoms with Crippen molar-refractivity contribution in [2.24, 2.45) is 17.8 Å². The lowest BCUT2D eigenvalue weighted by Crippen LogP contribution is -2.65. The van der Waals surface area contributed by atoms with Crippen LogP contribution in [0.25, 0.3) is 11.3 Å². The number of β-amino-alcohol motifs (C(OH)–C–C–N with tert-alkyl or cyclic N) is 1.